The monoisotopic (exact) mass is 237 g/mol. The summed E-state index contributed by atoms with van der Waals surface area (Å²) in [5.74, 6) is 9.07. The Morgan fingerprint density at radius 3 is 2.22 bits per heavy atom. The first-order valence-corrected chi connectivity index (χ1v) is 5.21. The lowest BCUT2D eigenvalue weighted by atomic mass is 10.0. The van der Waals surface area contributed by atoms with E-state index in [4.69, 9.17) is 11.2 Å². The van der Waals surface area contributed by atoms with Crippen LogP contribution in [0.3, 0.4) is 0 Å². The summed E-state index contributed by atoms with van der Waals surface area (Å²) in [5, 5.41) is 20.0. The van der Waals surface area contributed by atoms with E-state index in [1.165, 1.54) is 0 Å². The lowest BCUT2D eigenvalue weighted by Crippen LogP contribution is -1.93. The largest absolute Gasteiger partial charge is 0.493 e. The van der Waals surface area contributed by atoms with Gasteiger partial charge in [-0.3, -0.25) is 0 Å². The van der Waals surface area contributed by atoms with Gasteiger partial charge >= 0.3 is 0 Å². The van der Waals surface area contributed by atoms with Gasteiger partial charge in [-0.1, -0.05) is 12.2 Å². The second-order valence-corrected chi connectivity index (χ2v) is 3.80. The van der Waals surface area contributed by atoms with E-state index in [1.54, 1.807) is 0 Å². The first-order chi connectivity index (χ1) is 8.74. The Morgan fingerprint density at radius 2 is 1.67 bits per heavy atom. The van der Waals surface area contributed by atoms with Crippen molar-refractivity contribution in [2.45, 2.75) is 12.2 Å². The van der Waals surface area contributed by atoms with E-state index in [1.807, 2.05) is 12.2 Å². The molecule has 2 aliphatic heterocycles. The Balaban J connectivity index is 2.09. The maximum atomic E-state index is 10.0. The van der Waals surface area contributed by atoms with Crippen LogP contribution in [0.25, 0.3) is 0 Å². The van der Waals surface area contributed by atoms with Crippen LogP contribution in [0.2, 0.25) is 0 Å². The van der Waals surface area contributed by atoms with Crippen LogP contribution >= 0.6 is 0 Å². The SMILES string of the molecule is C#CC#CC#Cn1c(O)c2c(c1O)C1C=CC2O1. The van der Waals surface area contributed by atoms with Gasteiger partial charge in [-0.15, -0.1) is 6.42 Å². The lowest BCUT2D eigenvalue weighted by molar-refractivity contribution is 0.0843. The first kappa shape index (κ1) is 10.4. The van der Waals surface area contributed by atoms with Gasteiger partial charge in [-0.2, -0.15) is 0 Å². The molecule has 4 heteroatoms. The van der Waals surface area contributed by atoms with Gasteiger partial charge in [0.05, 0.1) is 11.1 Å². The van der Waals surface area contributed by atoms with E-state index in [9.17, 15) is 10.2 Å². The summed E-state index contributed by atoms with van der Waals surface area (Å²) in [6, 6.07) is 2.53. The Bertz CT molecular complexity index is 690. The molecule has 0 amide bonds. The number of aromatic hydroxyl groups is 2. The molecule has 0 spiro atoms. The normalized spacial score (nSPS) is 21.5. The molecule has 18 heavy (non-hydrogen) atoms. The zero-order valence-corrected chi connectivity index (χ0v) is 9.14. The van der Waals surface area contributed by atoms with Crippen molar-refractivity contribution in [2.24, 2.45) is 0 Å². The highest BCUT2D eigenvalue weighted by atomic mass is 16.5. The topological polar surface area (TPSA) is 54.6 Å². The maximum Gasteiger partial charge on any atom is 0.212 e. The van der Waals surface area contributed by atoms with Gasteiger partial charge in [0.15, 0.2) is 0 Å². The summed E-state index contributed by atoms with van der Waals surface area (Å²) in [4.78, 5) is 0. The summed E-state index contributed by atoms with van der Waals surface area (Å²) in [5.41, 5.74) is 1.14. The van der Waals surface area contributed by atoms with Gasteiger partial charge in [-0.05, 0) is 11.8 Å². The van der Waals surface area contributed by atoms with Gasteiger partial charge in [-0.25, -0.2) is 4.57 Å². The predicted octanol–water partition coefficient (Wildman–Crippen LogP) is 1.03. The highest BCUT2D eigenvalue weighted by molar-refractivity contribution is 5.57. The summed E-state index contributed by atoms with van der Waals surface area (Å²) < 4.78 is 6.58. The molecule has 2 unspecified atom stereocenters. The van der Waals surface area contributed by atoms with Crippen molar-refractivity contribution in [1.29, 1.82) is 0 Å². The third-order valence-corrected chi connectivity index (χ3v) is 2.88. The Morgan fingerprint density at radius 1 is 1.06 bits per heavy atom. The van der Waals surface area contributed by atoms with Crippen molar-refractivity contribution in [3.05, 3.63) is 23.3 Å². The quantitative estimate of drug-likeness (QED) is 0.523. The van der Waals surface area contributed by atoms with Crippen LogP contribution < -0.4 is 0 Å². The van der Waals surface area contributed by atoms with Crippen LogP contribution in [0.15, 0.2) is 12.2 Å². The van der Waals surface area contributed by atoms with E-state index >= 15 is 0 Å². The van der Waals surface area contributed by atoms with Crippen LogP contribution in [-0.4, -0.2) is 14.8 Å². The van der Waals surface area contributed by atoms with Gasteiger partial charge in [0, 0.05) is 17.9 Å². The summed E-state index contributed by atoms with van der Waals surface area (Å²) in [6.07, 6.45) is 8.00. The Kier molecular flexibility index (Phi) is 2.10. The van der Waals surface area contributed by atoms with Gasteiger partial charge in [0.25, 0.3) is 0 Å². The van der Waals surface area contributed by atoms with E-state index < -0.39 is 0 Å². The highest BCUT2D eigenvalue weighted by Crippen LogP contribution is 2.54. The molecule has 0 aromatic carbocycles. The van der Waals surface area contributed by atoms with Crippen molar-refractivity contribution < 1.29 is 14.9 Å². The second-order valence-electron chi connectivity index (χ2n) is 3.80. The lowest BCUT2D eigenvalue weighted by Gasteiger charge is -2.03. The van der Waals surface area contributed by atoms with Crippen molar-refractivity contribution >= 4 is 0 Å². The second kappa shape index (κ2) is 3.64. The summed E-state index contributed by atoms with van der Waals surface area (Å²) in [6.45, 7) is 0. The number of terminal acetylenes is 1. The fourth-order valence-electron chi connectivity index (χ4n) is 2.18. The van der Waals surface area contributed by atoms with Gasteiger partial charge in [0.1, 0.15) is 12.2 Å². The molecule has 4 nitrogen and oxygen atoms in total. The van der Waals surface area contributed by atoms with Gasteiger partial charge in [0.2, 0.25) is 11.8 Å². The zero-order chi connectivity index (χ0) is 12.7. The standard InChI is InChI=1S/C14H7NO3/c1-2-3-4-5-8-15-13(16)11-9-6-7-10(18-9)12(11)14(15)17/h1,6-7,9-10,16-17H. The molecule has 2 atom stereocenters. The average Bonchev–Trinajstić information content (AvgIpc) is 3.02. The molecule has 86 valence electrons. The fraction of sp³-hybridized carbons (Fsp3) is 0.143. The molecule has 0 radical (unpaired) electrons. The molecule has 3 rings (SSSR count). The number of fused-ring (bicyclic) bond motifs is 5. The minimum absolute atomic E-state index is 0.116. The number of rotatable bonds is 0. The molecule has 0 aliphatic carbocycles. The minimum atomic E-state index is -0.309. The number of ether oxygens (including phenoxy) is 1. The van der Waals surface area contributed by atoms with Gasteiger partial charge < -0.3 is 14.9 Å². The molecule has 0 fully saturated rings. The smallest absolute Gasteiger partial charge is 0.212 e. The van der Waals surface area contributed by atoms with E-state index in [-0.39, 0.29) is 24.0 Å². The molecule has 1 aromatic rings. The van der Waals surface area contributed by atoms with Crippen molar-refractivity contribution in [3.63, 3.8) is 0 Å². The number of hydrogen-bond donors (Lipinski definition) is 2. The summed E-state index contributed by atoms with van der Waals surface area (Å²) >= 11 is 0. The molecular weight excluding hydrogens is 230 g/mol. The highest BCUT2D eigenvalue weighted by Gasteiger charge is 2.42. The van der Waals surface area contributed by atoms with Crippen LogP contribution in [-0.2, 0) is 4.74 Å². The summed E-state index contributed by atoms with van der Waals surface area (Å²) in [7, 11) is 0. The van der Waals surface area contributed by atoms with E-state index in [0.717, 1.165) is 4.57 Å². The van der Waals surface area contributed by atoms with Crippen LogP contribution in [0.1, 0.15) is 23.3 Å². The maximum absolute atomic E-state index is 10.0. The number of aromatic nitrogens is 1. The molecule has 2 aliphatic rings. The molecule has 0 saturated heterocycles. The van der Waals surface area contributed by atoms with Crippen molar-refractivity contribution in [2.75, 3.05) is 0 Å². The molecule has 1 aromatic heterocycles. The Hall–Kier alpha value is -2.74. The van der Waals surface area contributed by atoms with Crippen molar-refractivity contribution in [3.8, 4) is 47.9 Å². The van der Waals surface area contributed by atoms with Crippen LogP contribution in [0, 0.1) is 36.1 Å². The number of nitrogens with zero attached hydrogens (tertiary/aromatic N) is 1. The third kappa shape index (κ3) is 1.23. The van der Waals surface area contributed by atoms with Crippen LogP contribution in [0.5, 0.6) is 11.8 Å². The predicted molar refractivity (Wildman–Crippen MR) is 63.3 cm³/mol. The molecule has 2 N–H and O–H groups in total. The third-order valence-electron chi connectivity index (χ3n) is 2.88. The molecule has 0 saturated carbocycles. The van der Waals surface area contributed by atoms with Crippen LogP contribution in [0.4, 0.5) is 0 Å². The first-order valence-electron chi connectivity index (χ1n) is 5.21. The molecule has 2 bridgehead atoms. The van der Waals surface area contributed by atoms with E-state index in [0.29, 0.717) is 11.1 Å². The average molecular weight is 237 g/mol. The molecular formula is C14H7NO3. The van der Waals surface area contributed by atoms with E-state index in [2.05, 4.69) is 29.7 Å². The molecule has 3 heterocycles. The van der Waals surface area contributed by atoms with Crippen molar-refractivity contribution in [1.82, 2.24) is 4.57 Å². The Labute approximate surface area is 103 Å². The number of hydrogen-bond acceptors (Lipinski definition) is 3. The fourth-order valence-corrected chi connectivity index (χ4v) is 2.18. The minimum Gasteiger partial charge on any atom is -0.493 e. The zero-order valence-electron chi connectivity index (χ0n) is 9.14.